The molecule has 0 heterocycles. The molecule has 0 aromatic rings. The van der Waals surface area contributed by atoms with Crippen molar-refractivity contribution in [2.24, 2.45) is 0 Å². The SMILES string of the molecule is CCC(O)(CC)C(=O)O.CCC(O)(CC)C(=O)O.[Na+].[O]=[Cr]. The molecule has 0 aliphatic rings. The molecule has 7 nitrogen and oxygen atoms in total. The molecule has 0 aromatic heterocycles. The Bertz CT molecular complexity index is 263. The number of hydrogen-bond donors (Lipinski definition) is 4. The van der Waals surface area contributed by atoms with Crippen LogP contribution < -0.4 is 29.6 Å². The predicted molar refractivity (Wildman–Crippen MR) is 67.0 cm³/mol. The fourth-order valence-electron chi connectivity index (χ4n) is 1.10. The fourth-order valence-corrected chi connectivity index (χ4v) is 1.10. The van der Waals surface area contributed by atoms with Gasteiger partial charge in [-0.15, -0.1) is 0 Å². The van der Waals surface area contributed by atoms with Crippen LogP contribution in [0.15, 0.2) is 0 Å². The van der Waals surface area contributed by atoms with Crippen molar-refractivity contribution in [2.75, 3.05) is 0 Å². The maximum atomic E-state index is 10.2. The summed E-state index contributed by atoms with van der Waals surface area (Å²) in [6.07, 6.45) is 1.05. The molecule has 0 fully saturated rings. The average molecular weight is 355 g/mol. The van der Waals surface area contributed by atoms with Gasteiger partial charge in [0.1, 0.15) is 0 Å². The minimum absolute atomic E-state index is 0. The molecule has 0 radical (unpaired) electrons. The topological polar surface area (TPSA) is 132 Å². The molecule has 120 valence electrons. The summed E-state index contributed by atoms with van der Waals surface area (Å²) in [5.74, 6) is -2.26. The second kappa shape index (κ2) is 15.1. The zero-order chi connectivity index (χ0) is 17.0. The molecule has 0 saturated heterocycles. The van der Waals surface area contributed by atoms with Crippen LogP contribution in [-0.4, -0.2) is 43.6 Å². The average Bonchev–Trinajstić information content (AvgIpc) is 2.47. The number of rotatable bonds is 6. The Morgan fingerprint density at radius 3 is 0.905 bits per heavy atom. The van der Waals surface area contributed by atoms with Crippen molar-refractivity contribution in [1.82, 2.24) is 0 Å². The van der Waals surface area contributed by atoms with Gasteiger partial charge in [0.2, 0.25) is 0 Å². The first-order chi connectivity index (χ1) is 9.13. The van der Waals surface area contributed by atoms with Crippen molar-refractivity contribution < 1.29 is 79.6 Å². The standard InChI is InChI=1S/2C6H12O3.Cr.Na.O/c2*1-3-6(9,4-2)5(7)8;;;/h2*9H,3-4H2,1-2H3,(H,7,8);;;/q;;;+1;. The van der Waals surface area contributed by atoms with Gasteiger partial charge in [0.15, 0.2) is 11.2 Å². The summed E-state index contributed by atoms with van der Waals surface area (Å²) in [6, 6.07) is 0. The summed E-state index contributed by atoms with van der Waals surface area (Å²) < 4.78 is 8.12. The third-order valence-electron chi connectivity index (χ3n) is 3.14. The summed E-state index contributed by atoms with van der Waals surface area (Å²) in [6.45, 7) is 6.60. The molecule has 0 unspecified atom stereocenters. The molecule has 0 saturated carbocycles. The molecule has 0 aliphatic heterocycles. The molecule has 0 aromatic carbocycles. The van der Waals surface area contributed by atoms with E-state index in [4.69, 9.17) is 24.2 Å². The van der Waals surface area contributed by atoms with Crippen LogP contribution in [0.3, 0.4) is 0 Å². The van der Waals surface area contributed by atoms with Crippen LogP contribution in [0.25, 0.3) is 0 Å². The second-order valence-corrected chi connectivity index (χ2v) is 4.09. The minimum atomic E-state index is -1.50. The fraction of sp³-hybridized carbons (Fsp3) is 0.833. The van der Waals surface area contributed by atoms with E-state index >= 15 is 0 Å². The first-order valence-electron chi connectivity index (χ1n) is 6.21. The molecule has 0 amide bonds. The van der Waals surface area contributed by atoms with Gasteiger partial charge in [-0.3, -0.25) is 0 Å². The molecule has 0 rings (SSSR count). The van der Waals surface area contributed by atoms with Crippen LogP contribution in [0.2, 0.25) is 0 Å². The Morgan fingerprint density at radius 2 is 0.905 bits per heavy atom. The van der Waals surface area contributed by atoms with E-state index in [-0.39, 0.29) is 55.2 Å². The van der Waals surface area contributed by atoms with Gasteiger partial charge in [0.05, 0.1) is 0 Å². The van der Waals surface area contributed by atoms with Gasteiger partial charge in [0.25, 0.3) is 0 Å². The van der Waals surface area contributed by atoms with Gasteiger partial charge < -0.3 is 20.4 Å². The van der Waals surface area contributed by atoms with Crippen LogP contribution in [-0.2, 0) is 29.6 Å². The Hall–Kier alpha value is 0.192. The molecule has 9 heteroatoms. The Kier molecular flexibility index (Phi) is 21.0. The van der Waals surface area contributed by atoms with E-state index in [1.54, 1.807) is 27.7 Å². The van der Waals surface area contributed by atoms with Gasteiger partial charge >= 0.3 is 61.5 Å². The number of carbonyl (C=O) groups is 2. The van der Waals surface area contributed by atoms with E-state index in [9.17, 15) is 9.59 Å². The number of hydrogen-bond acceptors (Lipinski definition) is 5. The van der Waals surface area contributed by atoms with Crippen molar-refractivity contribution in [3.63, 3.8) is 0 Å². The van der Waals surface area contributed by atoms with E-state index in [1.807, 2.05) is 0 Å². The van der Waals surface area contributed by atoms with Gasteiger partial charge in [-0.25, -0.2) is 9.59 Å². The molecular formula is C12H24CrNaO7+. The number of carboxylic acid groups (broad SMARTS) is 2. The Morgan fingerprint density at radius 1 is 0.762 bits per heavy atom. The van der Waals surface area contributed by atoms with E-state index in [2.05, 4.69) is 0 Å². The number of aliphatic carboxylic acids is 2. The molecule has 0 bridgehead atoms. The zero-order valence-electron chi connectivity index (χ0n) is 13.3. The second-order valence-electron chi connectivity index (χ2n) is 4.09. The van der Waals surface area contributed by atoms with Crippen LogP contribution in [0.1, 0.15) is 53.4 Å². The van der Waals surface area contributed by atoms with E-state index < -0.39 is 23.1 Å². The third kappa shape index (κ3) is 11.4. The summed E-state index contributed by atoms with van der Waals surface area (Å²) >= 11 is 1.38. The quantitative estimate of drug-likeness (QED) is 0.410. The van der Waals surface area contributed by atoms with Crippen molar-refractivity contribution >= 4 is 11.9 Å². The molecule has 4 N–H and O–H groups in total. The van der Waals surface area contributed by atoms with Crippen molar-refractivity contribution in [2.45, 2.75) is 64.6 Å². The Labute approximate surface area is 155 Å². The monoisotopic (exact) mass is 355 g/mol. The van der Waals surface area contributed by atoms with E-state index in [0.717, 1.165) is 0 Å². The van der Waals surface area contributed by atoms with Gasteiger partial charge in [-0.1, -0.05) is 27.7 Å². The van der Waals surface area contributed by atoms with Crippen LogP contribution >= 0.6 is 0 Å². The van der Waals surface area contributed by atoms with Gasteiger partial charge in [-0.2, -0.15) is 0 Å². The Balaban J connectivity index is -0.000000118. The van der Waals surface area contributed by atoms with Crippen LogP contribution in [0.4, 0.5) is 0 Å². The van der Waals surface area contributed by atoms with Crippen molar-refractivity contribution in [3.8, 4) is 0 Å². The molecule has 0 spiro atoms. The summed E-state index contributed by atoms with van der Waals surface area (Å²) in [5, 5.41) is 35.0. The zero-order valence-corrected chi connectivity index (χ0v) is 16.5. The number of carboxylic acids is 2. The molecule has 0 atom stereocenters. The van der Waals surface area contributed by atoms with Gasteiger partial charge in [0, 0.05) is 0 Å². The summed E-state index contributed by atoms with van der Waals surface area (Å²) in [4.78, 5) is 20.5. The van der Waals surface area contributed by atoms with Crippen molar-refractivity contribution in [3.05, 3.63) is 0 Å². The van der Waals surface area contributed by atoms with Crippen LogP contribution in [0, 0.1) is 0 Å². The first-order valence-corrected chi connectivity index (χ1v) is 6.73. The summed E-state index contributed by atoms with van der Waals surface area (Å²) in [7, 11) is 0. The van der Waals surface area contributed by atoms with E-state index in [1.165, 1.54) is 16.2 Å². The normalized spacial score (nSPS) is 10.0. The molecule has 0 aliphatic carbocycles. The van der Waals surface area contributed by atoms with Crippen molar-refractivity contribution in [1.29, 1.82) is 0 Å². The maximum absolute atomic E-state index is 10.2. The third-order valence-corrected chi connectivity index (χ3v) is 3.14. The van der Waals surface area contributed by atoms with E-state index in [0.29, 0.717) is 0 Å². The molecule has 21 heavy (non-hydrogen) atoms. The summed E-state index contributed by atoms with van der Waals surface area (Å²) in [5.41, 5.74) is -3.00. The predicted octanol–water partition coefficient (Wildman–Crippen LogP) is -1.87. The van der Waals surface area contributed by atoms with Crippen LogP contribution in [0.5, 0.6) is 0 Å². The first kappa shape index (κ1) is 29.2. The molecular weight excluding hydrogens is 331 g/mol. The van der Waals surface area contributed by atoms with Gasteiger partial charge in [-0.05, 0) is 25.7 Å². The number of aliphatic hydroxyl groups is 2.